The molecule has 46 heavy (non-hydrogen) atoms. The maximum Gasteiger partial charge on any atom is 0.183 e. The van der Waals surface area contributed by atoms with E-state index in [9.17, 15) is 9.81 Å². The Morgan fingerprint density at radius 2 is 1.96 bits per heavy atom. The first kappa shape index (κ1) is 29.6. The van der Waals surface area contributed by atoms with Gasteiger partial charge in [0, 0.05) is 49.0 Å². The molecule has 0 saturated carbocycles. The van der Waals surface area contributed by atoms with Crippen molar-refractivity contribution in [3.05, 3.63) is 65.1 Å². The Bertz CT molecular complexity index is 1830. The first-order chi connectivity index (χ1) is 22.3. The number of rotatable bonds is 5. The van der Waals surface area contributed by atoms with E-state index in [1.807, 2.05) is 56.0 Å². The van der Waals surface area contributed by atoms with Gasteiger partial charge in [-0.1, -0.05) is 12.1 Å². The maximum atomic E-state index is 13.4. The van der Waals surface area contributed by atoms with E-state index in [0.29, 0.717) is 12.2 Å². The first-order valence-electron chi connectivity index (χ1n) is 16.3. The van der Waals surface area contributed by atoms with Gasteiger partial charge >= 0.3 is 0 Å². The first-order valence-corrected chi connectivity index (χ1v) is 17.4. The Hall–Kier alpha value is -3.76. The second kappa shape index (κ2) is 11.2. The summed E-state index contributed by atoms with van der Waals surface area (Å²) in [5.74, 6) is 1.62. The SMILES string of the molecule is CC(C)(C)[S+]([O-])N[C@@H]1c2c(C#N)cccc2CC12CCN(c1cnc3c(N4CCCc5ncccc54)nn([C@H]4CCO4)c3n1)CC2. The number of hydrogen-bond acceptors (Lipinski definition) is 10. The zero-order valence-electron chi connectivity index (χ0n) is 26.6. The van der Waals surface area contributed by atoms with Gasteiger partial charge in [-0.25, -0.2) is 14.6 Å². The van der Waals surface area contributed by atoms with E-state index in [1.165, 1.54) is 5.56 Å². The lowest BCUT2D eigenvalue weighted by Gasteiger charge is -2.44. The summed E-state index contributed by atoms with van der Waals surface area (Å²) in [6.45, 7) is 9.07. The van der Waals surface area contributed by atoms with E-state index in [2.05, 4.69) is 37.7 Å². The standard InChI is InChI=1S/C34H39N9O2S/c1-33(2,3)46(44)40-30-28-22(7-4-8-23(28)20-35)19-34(30)12-16-41(17-13-34)26-21-37-29-31(38-26)43(27-11-18-45-27)39-32(29)42-15-6-9-24-25(42)10-5-14-36-24/h4-5,7-8,10,14,21,27,30,40H,6,9,11-13,15-19H2,1-3H3/t27-,30-,46?/m1/s1. The van der Waals surface area contributed by atoms with Gasteiger partial charge in [0.15, 0.2) is 23.2 Å². The Morgan fingerprint density at radius 3 is 2.70 bits per heavy atom. The van der Waals surface area contributed by atoms with Gasteiger partial charge in [0.25, 0.3) is 0 Å². The van der Waals surface area contributed by atoms with Crippen molar-refractivity contribution in [2.45, 2.75) is 76.3 Å². The van der Waals surface area contributed by atoms with Crippen molar-refractivity contribution >= 4 is 39.8 Å². The Labute approximate surface area is 272 Å². The molecule has 3 aliphatic heterocycles. The zero-order valence-corrected chi connectivity index (χ0v) is 27.4. The van der Waals surface area contributed by atoms with Gasteiger partial charge in [-0.05, 0) is 82.2 Å². The van der Waals surface area contributed by atoms with Gasteiger partial charge < -0.3 is 19.1 Å². The van der Waals surface area contributed by atoms with Crippen LogP contribution in [0, 0.1) is 16.7 Å². The number of piperidine rings is 1. The molecular weight excluding hydrogens is 599 g/mol. The topological polar surface area (TPSA) is 131 Å². The summed E-state index contributed by atoms with van der Waals surface area (Å²) in [6, 6.07) is 12.3. The Morgan fingerprint density at radius 1 is 1.13 bits per heavy atom. The second-order valence-corrected chi connectivity index (χ2v) is 16.0. The summed E-state index contributed by atoms with van der Waals surface area (Å²) in [7, 11) is 0. The number of benzene rings is 1. The molecule has 0 amide bonds. The molecule has 1 aromatic carbocycles. The molecule has 2 saturated heterocycles. The summed E-state index contributed by atoms with van der Waals surface area (Å²) in [6.07, 6.45) is 9.03. The van der Waals surface area contributed by atoms with Crippen LogP contribution in [0.2, 0.25) is 0 Å². The number of nitriles is 1. The van der Waals surface area contributed by atoms with Crippen LogP contribution in [0.15, 0.2) is 42.7 Å². The van der Waals surface area contributed by atoms with E-state index in [0.717, 1.165) is 97.9 Å². The van der Waals surface area contributed by atoms with Crippen LogP contribution in [0.1, 0.15) is 81.1 Å². The lowest BCUT2D eigenvalue weighted by molar-refractivity contribution is -0.104. The number of aryl methyl sites for hydroxylation is 1. The van der Waals surface area contributed by atoms with Crippen molar-refractivity contribution in [2.75, 3.05) is 36.0 Å². The van der Waals surface area contributed by atoms with Crippen LogP contribution in [0.5, 0.6) is 0 Å². The molecule has 2 fully saturated rings. The molecule has 1 unspecified atom stereocenters. The van der Waals surface area contributed by atoms with Crippen molar-refractivity contribution in [2.24, 2.45) is 5.41 Å². The van der Waals surface area contributed by atoms with Crippen LogP contribution >= 0.6 is 0 Å². The van der Waals surface area contributed by atoms with Crippen LogP contribution < -0.4 is 14.5 Å². The molecule has 0 bridgehead atoms. The fourth-order valence-corrected chi connectivity index (χ4v) is 8.49. The van der Waals surface area contributed by atoms with E-state index < -0.39 is 16.1 Å². The molecular formula is C34H39N9O2S. The van der Waals surface area contributed by atoms with E-state index >= 15 is 0 Å². The zero-order chi connectivity index (χ0) is 31.6. The van der Waals surface area contributed by atoms with Crippen molar-refractivity contribution < 1.29 is 9.29 Å². The molecule has 4 aromatic rings. The third kappa shape index (κ3) is 4.83. The minimum atomic E-state index is -1.27. The van der Waals surface area contributed by atoms with Crippen LogP contribution in [0.25, 0.3) is 11.2 Å². The minimum Gasteiger partial charge on any atom is -0.598 e. The highest BCUT2D eigenvalue weighted by Gasteiger charge is 2.51. The van der Waals surface area contributed by atoms with Crippen LogP contribution in [-0.2, 0) is 28.9 Å². The van der Waals surface area contributed by atoms with Gasteiger partial charge in [-0.15, -0.1) is 9.82 Å². The predicted molar refractivity (Wildman–Crippen MR) is 177 cm³/mol. The summed E-state index contributed by atoms with van der Waals surface area (Å²) >= 11 is -1.27. The Kier molecular flexibility index (Phi) is 7.21. The van der Waals surface area contributed by atoms with Crippen molar-refractivity contribution in [3.8, 4) is 6.07 Å². The summed E-state index contributed by atoms with van der Waals surface area (Å²) in [5, 5.41) is 15.1. The number of hydrogen-bond donors (Lipinski definition) is 1. The Balaban J connectivity index is 1.10. The number of anilines is 3. The molecule has 6 heterocycles. The molecule has 11 nitrogen and oxygen atoms in total. The molecule has 4 aliphatic rings. The molecule has 0 radical (unpaired) electrons. The van der Waals surface area contributed by atoms with E-state index in [-0.39, 0.29) is 17.7 Å². The highest BCUT2D eigenvalue weighted by Crippen LogP contribution is 2.54. The molecule has 3 aromatic heterocycles. The molecule has 3 atom stereocenters. The molecule has 1 N–H and O–H groups in total. The average molecular weight is 638 g/mol. The third-order valence-electron chi connectivity index (χ3n) is 10.2. The number of pyridine rings is 1. The van der Waals surface area contributed by atoms with E-state index in [1.54, 1.807) is 0 Å². The lowest BCUT2D eigenvalue weighted by atomic mass is 9.73. The third-order valence-corrected chi connectivity index (χ3v) is 11.7. The minimum absolute atomic E-state index is 0.144. The number of aromatic nitrogens is 5. The van der Waals surface area contributed by atoms with E-state index in [4.69, 9.17) is 19.8 Å². The molecule has 1 aliphatic carbocycles. The smallest absolute Gasteiger partial charge is 0.183 e. The fourth-order valence-electron chi connectivity index (χ4n) is 7.56. The van der Waals surface area contributed by atoms with Crippen molar-refractivity contribution in [1.29, 1.82) is 5.26 Å². The highest BCUT2D eigenvalue weighted by atomic mass is 32.2. The lowest BCUT2D eigenvalue weighted by Crippen LogP contribution is -2.50. The predicted octanol–water partition coefficient (Wildman–Crippen LogP) is 5.03. The van der Waals surface area contributed by atoms with Crippen molar-refractivity contribution in [1.82, 2.24) is 29.5 Å². The van der Waals surface area contributed by atoms with Gasteiger partial charge in [0.1, 0.15) is 10.6 Å². The maximum absolute atomic E-state index is 13.4. The van der Waals surface area contributed by atoms with Gasteiger partial charge in [0.05, 0.1) is 41.9 Å². The number of nitrogens with zero attached hydrogens (tertiary/aromatic N) is 8. The normalized spacial score (nSPS) is 22.8. The molecule has 8 rings (SSSR count). The second-order valence-electron chi connectivity index (χ2n) is 14.0. The summed E-state index contributed by atoms with van der Waals surface area (Å²) < 4.78 is 24.3. The highest BCUT2D eigenvalue weighted by molar-refractivity contribution is 7.90. The molecule has 1 spiro atoms. The molecule has 12 heteroatoms. The quantitative estimate of drug-likeness (QED) is 0.297. The summed E-state index contributed by atoms with van der Waals surface area (Å²) in [4.78, 5) is 19.3. The molecule has 238 valence electrons. The fraction of sp³-hybridized carbons (Fsp3) is 0.500. The number of fused-ring (bicyclic) bond motifs is 3. The number of nitrogens with one attached hydrogen (secondary N) is 1. The van der Waals surface area contributed by atoms with Crippen LogP contribution in [-0.4, -0.2) is 60.3 Å². The van der Waals surface area contributed by atoms with Gasteiger partial charge in [0.2, 0.25) is 0 Å². The largest absolute Gasteiger partial charge is 0.598 e. The monoisotopic (exact) mass is 637 g/mol. The average Bonchev–Trinajstić information content (AvgIpc) is 3.54. The van der Waals surface area contributed by atoms with Gasteiger partial charge in [-0.2, -0.15) is 5.26 Å². The summed E-state index contributed by atoms with van der Waals surface area (Å²) in [5.41, 5.74) is 6.40. The van der Waals surface area contributed by atoms with Gasteiger partial charge in [-0.3, -0.25) is 4.98 Å². The van der Waals surface area contributed by atoms with Crippen molar-refractivity contribution in [3.63, 3.8) is 0 Å². The van der Waals surface area contributed by atoms with Crippen LogP contribution in [0.3, 0.4) is 0 Å². The number of ether oxygens (including phenoxy) is 1. The van der Waals surface area contributed by atoms with Crippen LogP contribution in [0.4, 0.5) is 17.3 Å².